The summed E-state index contributed by atoms with van der Waals surface area (Å²) in [6.07, 6.45) is 11.5. The number of aliphatic hydroxyl groups excluding tert-OH is 1. The molecule has 26 heavy (non-hydrogen) atoms. The van der Waals surface area contributed by atoms with Gasteiger partial charge in [0.15, 0.2) is 0 Å². The SMILES string of the molecule is C/C=C\C=C/Cc1cccc(CC2C(N)CCc3cc(C(C)O)nn32)c1. The van der Waals surface area contributed by atoms with Crippen molar-refractivity contribution in [1.82, 2.24) is 9.78 Å². The van der Waals surface area contributed by atoms with Gasteiger partial charge in [0, 0.05) is 11.7 Å². The van der Waals surface area contributed by atoms with Crippen molar-refractivity contribution in [2.24, 2.45) is 5.73 Å². The zero-order chi connectivity index (χ0) is 18.5. The third-order valence-electron chi connectivity index (χ3n) is 5.03. The molecule has 0 amide bonds. The minimum absolute atomic E-state index is 0.0856. The van der Waals surface area contributed by atoms with Crippen molar-refractivity contribution in [3.8, 4) is 0 Å². The Morgan fingerprint density at radius 1 is 1.31 bits per heavy atom. The van der Waals surface area contributed by atoms with Crippen molar-refractivity contribution in [3.05, 3.63) is 77.2 Å². The molecule has 3 N–H and O–H groups in total. The van der Waals surface area contributed by atoms with Crippen LogP contribution in [0.15, 0.2) is 54.6 Å². The first-order valence-corrected chi connectivity index (χ1v) is 9.46. The third-order valence-corrected chi connectivity index (χ3v) is 5.03. The van der Waals surface area contributed by atoms with E-state index in [4.69, 9.17) is 5.73 Å². The number of benzene rings is 1. The largest absolute Gasteiger partial charge is 0.387 e. The van der Waals surface area contributed by atoms with E-state index in [1.54, 1.807) is 6.92 Å². The van der Waals surface area contributed by atoms with Gasteiger partial charge in [0.1, 0.15) is 0 Å². The van der Waals surface area contributed by atoms with Gasteiger partial charge < -0.3 is 10.8 Å². The summed E-state index contributed by atoms with van der Waals surface area (Å²) in [5.41, 5.74) is 10.9. The summed E-state index contributed by atoms with van der Waals surface area (Å²) in [4.78, 5) is 0. The van der Waals surface area contributed by atoms with Crippen LogP contribution in [0.1, 0.15) is 54.9 Å². The number of aromatic nitrogens is 2. The number of aliphatic hydroxyl groups is 1. The summed E-state index contributed by atoms with van der Waals surface area (Å²) >= 11 is 0. The normalized spacial score (nSPS) is 21.4. The maximum Gasteiger partial charge on any atom is 0.0950 e. The minimum atomic E-state index is -0.544. The molecule has 2 heterocycles. The lowest BCUT2D eigenvalue weighted by Crippen LogP contribution is -2.39. The molecule has 4 nitrogen and oxygen atoms in total. The highest BCUT2D eigenvalue weighted by atomic mass is 16.3. The minimum Gasteiger partial charge on any atom is -0.387 e. The van der Waals surface area contributed by atoms with Gasteiger partial charge >= 0.3 is 0 Å². The molecule has 0 radical (unpaired) electrons. The molecular weight excluding hydrogens is 322 g/mol. The smallest absolute Gasteiger partial charge is 0.0950 e. The molecule has 1 aromatic carbocycles. The predicted octanol–water partition coefficient (Wildman–Crippen LogP) is 3.67. The van der Waals surface area contributed by atoms with E-state index in [0.29, 0.717) is 0 Å². The highest BCUT2D eigenvalue weighted by Gasteiger charge is 2.29. The molecule has 1 aliphatic rings. The Morgan fingerprint density at radius 3 is 2.88 bits per heavy atom. The van der Waals surface area contributed by atoms with Crippen LogP contribution in [-0.2, 0) is 19.3 Å². The second-order valence-corrected chi connectivity index (χ2v) is 7.13. The van der Waals surface area contributed by atoms with Gasteiger partial charge in [0.05, 0.1) is 17.8 Å². The maximum absolute atomic E-state index is 9.85. The zero-order valence-corrected chi connectivity index (χ0v) is 15.7. The summed E-state index contributed by atoms with van der Waals surface area (Å²) in [7, 11) is 0. The van der Waals surface area contributed by atoms with Crippen LogP contribution in [0.2, 0.25) is 0 Å². The summed E-state index contributed by atoms with van der Waals surface area (Å²) in [6, 6.07) is 11.0. The first-order valence-electron chi connectivity index (χ1n) is 9.46. The van der Waals surface area contributed by atoms with Crippen molar-refractivity contribution in [2.45, 2.75) is 57.7 Å². The zero-order valence-electron chi connectivity index (χ0n) is 15.7. The molecule has 1 aromatic heterocycles. The molecule has 0 saturated carbocycles. The third kappa shape index (κ3) is 4.32. The fourth-order valence-corrected chi connectivity index (χ4v) is 3.58. The van der Waals surface area contributed by atoms with Crippen LogP contribution in [0.5, 0.6) is 0 Å². The Morgan fingerprint density at radius 2 is 2.12 bits per heavy atom. The first-order chi connectivity index (χ1) is 12.6. The molecule has 0 spiro atoms. The Hall–Kier alpha value is -2.17. The van der Waals surface area contributed by atoms with Crippen molar-refractivity contribution in [3.63, 3.8) is 0 Å². The molecule has 138 valence electrons. The molecule has 1 aliphatic heterocycles. The topological polar surface area (TPSA) is 64.1 Å². The van der Waals surface area contributed by atoms with Gasteiger partial charge in [-0.2, -0.15) is 5.10 Å². The van der Waals surface area contributed by atoms with Gasteiger partial charge in [-0.1, -0.05) is 48.6 Å². The second kappa shape index (κ2) is 8.47. The van der Waals surface area contributed by atoms with Gasteiger partial charge in [-0.05, 0) is 56.7 Å². The number of fused-ring (bicyclic) bond motifs is 1. The van der Waals surface area contributed by atoms with Crippen molar-refractivity contribution in [2.75, 3.05) is 0 Å². The quantitative estimate of drug-likeness (QED) is 0.781. The number of hydrogen-bond donors (Lipinski definition) is 2. The molecule has 3 unspecified atom stereocenters. The Kier molecular flexibility index (Phi) is 6.07. The van der Waals surface area contributed by atoms with Crippen LogP contribution in [0.3, 0.4) is 0 Å². The summed E-state index contributed by atoms with van der Waals surface area (Å²) in [5.74, 6) is 0. The van der Waals surface area contributed by atoms with Gasteiger partial charge in [-0.3, -0.25) is 4.68 Å². The van der Waals surface area contributed by atoms with E-state index in [2.05, 4.69) is 46.2 Å². The molecule has 0 bridgehead atoms. The summed E-state index contributed by atoms with van der Waals surface area (Å²) < 4.78 is 2.05. The number of rotatable bonds is 6. The van der Waals surface area contributed by atoms with Gasteiger partial charge in [-0.15, -0.1) is 0 Å². The maximum atomic E-state index is 9.85. The van der Waals surface area contributed by atoms with Crippen LogP contribution in [0, 0.1) is 0 Å². The molecule has 0 saturated heterocycles. The molecule has 0 fully saturated rings. The number of allylic oxidation sites excluding steroid dienone is 4. The van der Waals surface area contributed by atoms with Gasteiger partial charge in [0.25, 0.3) is 0 Å². The number of nitrogens with two attached hydrogens (primary N) is 1. The van der Waals surface area contributed by atoms with E-state index in [1.807, 2.05) is 25.1 Å². The monoisotopic (exact) mass is 351 g/mol. The van der Waals surface area contributed by atoms with E-state index < -0.39 is 6.10 Å². The fraction of sp³-hybridized carbons (Fsp3) is 0.409. The van der Waals surface area contributed by atoms with E-state index in [0.717, 1.165) is 31.4 Å². The Labute approximate surface area is 156 Å². The van der Waals surface area contributed by atoms with E-state index >= 15 is 0 Å². The van der Waals surface area contributed by atoms with E-state index in [1.165, 1.54) is 16.8 Å². The standard InChI is InChI=1S/C22H29N3O/c1-3-4-5-6-8-17-9-7-10-18(13-17)14-22-20(23)12-11-19-15-21(16(2)26)24-25(19)22/h3-7,9-10,13,15-16,20,22,26H,8,11-12,14,23H2,1-2H3/b4-3-,6-5-. The lowest BCUT2D eigenvalue weighted by atomic mass is 9.92. The van der Waals surface area contributed by atoms with E-state index in [9.17, 15) is 5.11 Å². The Bertz CT molecular complexity index is 788. The van der Waals surface area contributed by atoms with Gasteiger partial charge in [0.2, 0.25) is 0 Å². The van der Waals surface area contributed by atoms with Gasteiger partial charge in [-0.25, -0.2) is 0 Å². The van der Waals surface area contributed by atoms with Crippen LogP contribution < -0.4 is 5.73 Å². The van der Waals surface area contributed by atoms with E-state index in [-0.39, 0.29) is 12.1 Å². The lowest BCUT2D eigenvalue weighted by Gasteiger charge is -2.30. The second-order valence-electron chi connectivity index (χ2n) is 7.13. The molecule has 3 rings (SSSR count). The van der Waals surface area contributed by atoms with Crippen LogP contribution in [0.25, 0.3) is 0 Å². The highest BCUT2D eigenvalue weighted by molar-refractivity contribution is 5.27. The van der Waals surface area contributed by atoms with Crippen molar-refractivity contribution < 1.29 is 5.11 Å². The molecule has 0 aliphatic carbocycles. The van der Waals surface area contributed by atoms with Crippen molar-refractivity contribution >= 4 is 0 Å². The molecular formula is C22H29N3O. The Balaban J connectivity index is 1.78. The molecule has 3 atom stereocenters. The van der Waals surface area contributed by atoms with Crippen LogP contribution >= 0.6 is 0 Å². The number of nitrogens with zero attached hydrogens (tertiary/aromatic N) is 2. The summed E-state index contributed by atoms with van der Waals surface area (Å²) in [5, 5.41) is 14.5. The average molecular weight is 351 g/mol. The molecule has 4 heteroatoms. The average Bonchev–Trinajstić information content (AvgIpc) is 3.07. The molecule has 2 aromatic rings. The predicted molar refractivity (Wildman–Crippen MR) is 106 cm³/mol. The number of hydrogen-bond acceptors (Lipinski definition) is 3. The van der Waals surface area contributed by atoms with Crippen molar-refractivity contribution in [1.29, 1.82) is 0 Å². The summed E-state index contributed by atoms with van der Waals surface area (Å²) in [6.45, 7) is 3.78. The number of aryl methyl sites for hydroxylation is 1. The lowest BCUT2D eigenvalue weighted by molar-refractivity contribution is 0.191. The first kappa shape index (κ1) is 18.6. The van der Waals surface area contributed by atoms with Crippen LogP contribution in [-0.4, -0.2) is 20.9 Å². The fourth-order valence-electron chi connectivity index (χ4n) is 3.58. The van der Waals surface area contributed by atoms with Crippen LogP contribution in [0.4, 0.5) is 0 Å². The highest BCUT2D eigenvalue weighted by Crippen LogP contribution is 2.29.